The molecule has 1 fully saturated rings. The molecule has 0 aliphatic carbocycles. The molecule has 16 heavy (non-hydrogen) atoms. The zero-order chi connectivity index (χ0) is 12.8. The fraction of sp³-hybridized carbons (Fsp3) is 0.769. The number of hydrogen-bond acceptors (Lipinski definition) is 2. The van der Waals surface area contributed by atoms with Gasteiger partial charge in [-0.05, 0) is 27.7 Å². The van der Waals surface area contributed by atoms with E-state index in [1.807, 2.05) is 33.8 Å². The Morgan fingerprint density at radius 2 is 1.88 bits per heavy atom. The molecule has 0 aromatic rings. The molecule has 1 atom stereocenters. The molecular formula is C13H23NO2. The molecule has 0 N–H and O–H groups in total. The molecule has 3 heteroatoms. The van der Waals surface area contributed by atoms with Gasteiger partial charge in [0, 0.05) is 12.0 Å². The van der Waals surface area contributed by atoms with E-state index in [0.717, 1.165) is 0 Å². The first-order chi connectivity index (χ1) is 7.03. The van der Waals surface area contributed by atoms with Gasteiger partial charge in [-0.15, -0.1) is 6.58 Å². The molecule has 0 saturated carbocycles. The van der Waals surface area contributed by atoms with E-state index in [0.29, 0.717) is 6.54 Å². The van der Waals surface area contributed by atoms with E-state index < -0.39 is 5.60 Å². The van der Waals surface area contributed by atoms with Crippen LogP contribution in [0, 0.1) is 5.41 Å². The summed E-state index contributed by atoms with van der Waals surface area (Å²) < 4.78 is 5.37. The van der Waals surface area contributed by atoms with E-state index in [1.165, 1.54) is 0 Å². The topological polar surface area (TPSA) is 29.5 Å². The Bertz CT molecular complexity index is 314. The van der Waals surface area contributed by atoms with Crippen LogP contribution in [0.2, 0.25) is 0 Å². The lowest BCUT2D eigenvalue weighted by Crippen LogP contribution is -2.71. The van der Waals surface area contributed by atoms with Crippen LogP contribution in [0.3, 0.4) is 0 Å². The van der Waals surface area contributed by atoms with Crippen molar-refractivity contribution in [3.63, 3.8) is 0 Å². The zero-order valence-corrected chi connectivity index (χ0v) is 11.3. The number of ether oxygens (including phenoxy) is 1. The first kappa shape index (κ1) is 13.1. The van der Waals surface area contributed by atoms with Gasteiger partial charge in [-0.2, -0.15) is 0 Å². The lowest BCUT2D eigenvalue weighted by molar-refractivity contribution is -0.0961. The van der Waals surface area contributed by atoms with Crippen LogP contribution < -0.4 is 0 Å². The maximum atomic E-state index is 12.0. The van der Waals surface area contributed by atoms with Gasteiger partial charge in [0.1, 0.15) is 5.60 Å². The van der Waals surface area contributed by atoms with Crippen LogP contribution >= 0.6 is 0 Å². The molecule has 1 aliphatic heterocycles. The third-order valence-corrected chi connectivity index (χ3v) is 3.50. The van der Waals surface area contributed by atoms with Gasteiger partial charge >= 0.3 is 6.09 Å². The van der Waals surface area contributed by atoms with Gasteiger partial charge in [-0.25, -0.2) is 4.79 Å². The fourth-order valence-corrected chi connectivity index (χ4v) is 1.95. The largest absolute Gasteiger partial charge is 0.444 e. The van der Waals surface area contributed by atoms with Gasteiger partial charge in [-0.1, -0.05) is 19.9 Å². The molecule has 0 spiro atoms. The van der Waals surface area contributed by atoms with Crippen molar-refractivity contribution in [2.45, 2.75) is 52.7 Å². The van der Waals surface area contributed by atoms with Crippen molar-refractivity contribution in [2.75, 3.05) is 6.54 Å². The van der Waals surface area contributed by atoms with Gasteiger partial charge in [0.15, 0.2) is 0 Å². The molecular weight excluding hydrogens is 202 g/mol. The molecule has 0 aromatic heterocycles. The number of hydrogen-bond donors (Lipinski definition) is 0. The lowest BCUT2D eigenvalue weighted by Gasteiger charge is -2.60. The van der Waals surface area contributed by atoms with Crippen molar-refractivity contribution in [1.82, 2.24) is 4.90 Å². The van der Waals surface area contributed by atoms with Crippen LogP contribution in [0.5, 0.6) is 0 Å². The highest BCUT2D eigenvalue weighted by Crippen LogP contribution is 2.47. The van der Waals surface area contributed by atoms with Gasteiger partial charge in [0.05, 0.1) is 5.54 Å². The van der Waals surface area contributed by atoms with E-state index in [4.69, 9.17) is 4.74 Å². The molecule has 0 bridgehead atoms. The number of likely N-dealkylation sites (tertiary alicyclic amines) is 1. The number of amides is 1. The maximum absolute atomic E-state index is 12.0. The average Bonchev–Trinajstić information content (AvgIpc) is 2.10. The quantitative estimate of drug-likeness (QED) is 0.641. The van der Waals surface area contributed by atoms with E-state index in [1.54, 1.807) is 4.90 Å². The van der Waals surface area contributed by atoms with Gasteiger partial charge in [0.2, 0.25) is 0 Å². The Morgan fingerprint density at radius 3 is 2.19 bits per heavy atom. The average molecular weight is 225 g/mol. The van der Waals surface area contributed by atoms with Crippen LogP contribution in [-0.4, -0.2) is 28.7 Å². The van der Waals surface area contributed by atoms with Crippen molar-refractivity contribution >= 4 is 6.09 Å². The second-order valence-electron chi connectivity index (χ2n) is 6.30. The van der Waals surface area contributed by atoms with Crippen molar-refractivity contribution < 1.29 is 9.53 Å². The molecule has 1 saturated heterocycles. The minimum atomic E-state index is -0.446. The third kappa shape index (κ3) is 1.95. The summed E-state index contributed by atoms with van der Waals surface area (Å²) in [5.74, 6) is 0. The number of rotatable bonds is 1. The smallest absolute Gasteiger partial charge is 0.411 e. The second kappa shape index (κ2) is 3.51. The van der Waals surface area contributed by atoms with Crippen molar-refractivity contribution in [3.05, 3.63) is 12.7 Å². The summed E-state index contributed by atoms with van der Waals surface area (Å²) in [6, 6.07) is 0. The van der Waals surface area contributed by atoms with Gasteiger partial charge in [0.25, 0.3) is 0 Å². The Balaban J connectivity index is 2.79. The minimum Gasteiger partial charge on any atom is -0.444 e. The highest BCUT2D eigenvalue weighted by Gasteiger charge is 2.57. The summed E-state index contributed by atoms with van der Waals surface area (Å²) in [5.41, 5.74) is -0.695. The molecule has 3 nitrogen and oxygen atoms in total. The van der Waals surface area contributed by atoms with E-state index in [-0.39, 0.29) is 17.0 Å². The van der Waals surface area contributed by atoms with Crippen LogP contribution in [0.25, 0.3) is 0 Å². The van der Waals surface area contributed by atoms with Crippen molar-refractivity contribution in [2.24, 2.45) is 5.41 Å². The molecule has 1 aliphatic rings. The van der Waals surface area contributed by atoms with Crippen LogP contribution in [0.15, 0.2) is 12.7 Å². The maximum Gasteiger partial charge on any atom is 0.411 e. The highest BCUT2D eigenvalue weighted by molar-refractivity contribution is 5.71. The molecule has 92 valence electrons. The number of carbonyl (C=O) groups excluding carboxylic acids is 1. The fourth-order valence-electron chi connectivity index (χ4n) is 1.95. The third-order valence-electron chi connectivity index (χ3n) is 3.50. The SMILES string of the molecule is C=CC1(C)N(C(=O)OC(C)(C)C)CC1(C)C. The summed E-state index contributed by atoms with van der Waals surface area (Å²) >= 11 is 0. The first-order valence-corrected chi connectivity index (χ1v) is 5.68. The number of carbonyl (C=O) groups is 1. The molecule has 1 unspecified atom stereocenters. The first-order valence-electron chi connectivity index (χ1n) is 5.68. The van der Waals surface area contributed by atoms with E-state index in [2.05, 4.69) is 20.4 Å². The normalized spacial score (nSPS) is 28.2. The Hall–Kier alpha value is -0.990. The summed E-state index contributed by atoms with van der Waals surface area (Å²) in [6.07, 6.45) is 1.58. The Labute approximate surface area is 98.5 Å². The van der Waals surface area contributed by atoms with Crippen molar-refractivity contribution in [1.29, 1.82) is 0 Å². The van der Waals surface area contributed by atoms with E-state index in [9.17, 15) is 4.79 Å². The summed E-state index contributed by atoms with van der Waals surface area (Å²) in [6.45, 7) is 16.5. The zero-order valence-electron chi connectivity index (χ0n) is 11.3. The van der Waals surface area contributed by atoms with Crippen LogP contribution in [0.4, 0.5) is 4.79 Å². The predicted octanol–water partition coefficient (Wildman–Crippen LogP) is 3.21. The second-order valence-corrected chi connectivity index (χ2v) is 6.30. The molecule has 1 heterocycles. The standard InChI is InChI=1S/C13H23NO2/c1-8-13(7)12(5,6)9-14(13)10(15)16-11(2,3)4/h8H,1,9H2,2-7H3. The van der Waals surface area contributed by atoms with Gasteiger partial charge in [-0.3, -0.25) is 4.90 Å². The van der Waals surface area contributed by atoms with Gasteiger partial charge < -0.3 is 4.74 Å². The predicted molar refractivity (Wildman–Crippen MR) is 65.3 cm³/mol. The van der Waals surface area contributed by atoms with Crippen LogP contribution in [0.1, 0.15) is 41.5 Å². The highest BCUT2D eigenvalue weighted by atomic mass is 16.6. The van der Waals surface area contributed by atoms with E-state index >= 15 is 0 Å². The van der Waals surface area contributed by atoms with Crippen LogP contribution in [-0.2, 0) is 4.74 Å². The van der Waals surface area contributed by atoms with Crippen molar-refractivity contribution in [3.8, 4) is 0 Å². The Kier molecular flexibility index (Phi) is 2.86. The molecule has 0 aromatic carbocycles. The molecule has 1 amide bonds. The Morgan fingerprint density at radius 1 is 1.38 bits per heavy atom. The monoisotopic (exact) mass is 225 g/mol. The summed E-state index contributed by atoms with van der Waals surface area (Å²) in [5, 5.41) is 0. The lowest BCUT2D eigenvalue weighted by atomic mass is 9.64. The molecule has 0 radical (unpaired) electrons. The number of nitrogens with zero attached hydrogens (tertiary/aromatic N) is 1. The minimum absolute atomic E-state index is 0.0612. The summed E-state index contributed by atoms with van der Waals surface area (Å²) in [4.78, 5) is 13.7. The molecule has 1 rings (SSSR count). The summed E-state index contributed by atoms with van der Waals surface area (Å²) in [7, 11) is 0.